The number of hydrogen-bond donors (Lipinski definition) is 3. The van der Waals surface area contributed by atoms with Crippen LogP contribution in [0.3, 0.4) is 0 Å². The van der Waals surface area contributed by atoms with Crippen molar-refractivity contribution >= 4 is 28.7 Å². The van der Waals surface area contributed by atoms with Gasteiger partial charge in [0, 0.05) is 16.8 Å². The Kier molecular flexibility index (Phi) is 6.56. The summed E-state index contributed by atoms with van der Waals surface area (Å²) in [5.41, 5.74) is 1.16. The number of nitrogens with one attached hydrogen (secondary N) is 2. The first-order valence-electron chi connectivity index (χ1n) is 12.7. The van der Waals surface area contributed by atoms with Crippen LogP contribution in [0.2, 0.25) is 0 Å². The molecule has 202 valence electrons. The second-order valence-electron chi connectivity index (χ2n) is 10.8. The maximum Gasteiger partial charge on any atom is 0.261 e. The summed E-state index contributed by atoms with van der Waals surface area (Å²) in [4.78, 5) is 40.7. The number of para-hydroxylation sites is 1. The minimum Gasteiger partial charge on any atom is -0.496 e. The van der Waals surface area contributed by atoms with Crippen LogP contribution >= 0.6 is 0 Å². The third-order valence-corrected chi connectivity index (χ3v) is 7.09. The summed E-state index contributed by atoms with van der Waals surface area (Å²) in [5, 5.41) is 16.1. The van der Waals surface area contributed by atoms with Crippen molar-refractivity contribution in [2.45, 2.75) is 46.9 Å². The Morgan fingerprint density at radius 1 is 1.03 bits per heavy atom. The molecule has 1 atom stereocenters. The van der Waals surface area contributed by atoms with E-state index in [1.165, 1.54) is 7.11 Å². The van der Waals surface area contributed by atoms with E-state index in [2.05, 4.69) is 10.6 Å². The molecule has 0 radical (unpaired) electrons. The van der Waals surface area contributed by atoms with Gasteiger partial charge in [0.2, 0.25) is 0 Å². The molecule has 39 heavy (non-hydrogen) atoms. The van der Waals surface area contributed by atoms with E-state index in [0.717, 1.165) is 5.76 Å². The van der Waals surface area contributed by atoms with E-state index in [1.54, 1.807) is 41.3 Å². The standard InChI is InChI=1S/C30H31N3O6/c1-16-10-12-22(39-16)28(30(2,3)4)32-25-24(26(35)27(25)36)31-19-11-13-21(38-5)18-14-33(29(37)23(18)19)20-9-7-6-8-17(20)15-34/h6-13,28,31-32,34H,14-15H2,1-5H3/t28-/m0/s1. The van der Waals surface area contributed by atoms with Crippen LogP contribution in [0, 0.1) is 12.3 Å². The van der Waals surface area contributed by atoms with Gasteiger partial charge in [0.15, 0.2) is 0 Å². The fraction of sp³-hybridized carbons (Fsp3) is 0.300. The number of aryl methyl sites for hydroxylation is 1. The van der Waals surface area contributed by atoms with Gasteiger partial charge in [-0.3, -0.25) is 14.4 Å². The Morgan fingerprint density at radius 2 is 1.74 bits per heavy atom. The predicted molar refractivity (Wildman–Crippen MR) is 150 cm³/mol. The number of carbonyl (C=O) groups excluding carboxylic acids is 1. The van der Waals surface area contributed by atoms with Crippen molar-refractivity contribution in [1.82, 2.24) is 0 Å². The average molecular weight is 530 g/mol. The lowest BCUT2D eigenvalue weighted by molar-refractivity contribution is 0.0997. The highest BCUT2D eigenvalue weighted by Crippen LogP contribution is 2.42. The minimum absolute atomic E-state index is 0.0897. The Balaban J connectivity index is 1.52. The van der Waals surface area contributed by atoms with Crippen molar-refractivity contribution in [3.05, 3.63) is 97.2 Å². The van der Waals surface area contributed by atoms with E-state index >= 15 is 0 Å². The van der Waals surface area contributed by atoms with E-state index in [0.29, 0.717) is 39.6 Å². The van der Waals surface area contributed by atoms with Gasteiger partial charge in [-0.15, -0.1) is 0 Å². The number of ether oxygens (including phenoxy) is 1. The van der Waals surface area contributed by atoms with Crippen LogP contribution in [0.4, 0.5) is 22.7 Å². The summed E-state index contributed by atoms with van der Waals surface area (Å²) in [6.45, 7) is 7.88. The monoisotopic (exact) mass is 529 g/mol. The molecule has 0 aliphatic carbocycles. The Hall–Kier alpha value is -4.37. The summed E-state index contributed by atoms with van der Waals surface area (Å²) in [7, 11) is 1.53. The van der Waals surface area contributed by atoms with Gasteiger partial charge in [-0.25, -0.2) is 0 Å². The molecule has 1 amide bonds. The Labute approximate surface area is 225 Å². The van der Waals surface area contributed by atoms with Gasteiger partial charge in [-0.05, 0) is 42.7 Å². The molecule has 1 aliphatic heterocycles. The molecule has 2 heterocycles. The first-order valence-corrected chi connectivity index (χ1v) is 12.7. The molecule has 0 saturated carbocycles. The van der Waals surface area contributed by atoms with Crippen molar-refractivity contribution in [3.63, 3.8) is 0 Å². The topological polar surface area (TPSA) is 121 Å². The maximum absolute atomic E-state index is 13.7. The maximum atomic E-state index is 13.7. The number of furan rings is 1. The number of benzene rings is 2. The number of carbonyl (C=O) groups is 1. The zero-order valence-corrected chi connectivity index (χ0v) is 22.5. The molecular formula is C30H31N3O6. The average Bonchev–Trinajstić information content (AvgIpc) is 3.50. The second-order valence-corrected chi connectivity index (χ2v) is 10.8. The van der Waals surface area contributed by atoms with Gasteiger partial charge >= 0.3 is 0 Å². The van der Waals surface area contributed by atoms with Gasteiger partial charge in [0.25, 0.3) is 16.8 Å². The summed E-state index contributed by atoms with van der Waals surface area (Å²) < 4.78 is 11.4. The second kappa shape index (κ2) is 9.74. The predicted octanol–water partition coefficient (Wildman–Crippen LogP) is 4.79. The summed E-state index contributed by atoms with van der Waals surface area (Å²) in [6.07, 6.45) is 0. The number of methoxy groups -OCH3 is 1. The number of fused-ring (bicyclic) bond motifs is 1. The van der Waals surface area contributed by atoms with Crippen LogP contribution in [0.25, 0.3) is 0 Å². The van der Waals surface area contributed by atoms with Crippen molar-refractivity contribution < 1.29 is 19.1 Å². The molecule has 1 aromatic heterocycles. The van der Waals surface area contributed by atoms with E-state index in [1.807, 2.05) is 39.8 Å². The van der Waals surface area contributed by atoms with Crippen LogP contribution in [-0.4, -0.2) is 18.1 Å². The quantitative estimate of drug-likeness (QED) is 0.279. The van der Waals surface area contributed by atoms with Gasteiger partial charge in [0.1, 0.15) is 28.6 Å². The molecular weight excluding hydrogens is 498 g/mol. The summed E-state index contributed by atoms with van der Waals surface area (Å²) >= 11 is 0. The lowest BCUT2D eigenvalue weighted by Gasteiger charge is -2.31. The molecule has 0 spiro atoms. The van der Waals surface area contributed by atoms with Crippen molar-refractivity contribution in [2.24, 2.45) is 5.41 Å². The van der Waals surface area contributed by atoms with E-state index in [4.69, 9.17) is 9.15 Å². The van der Waals surface area contributed by atoms with E-state index in [-0.39, 0.29) is 41.9 Å². The molecule has 0 unspecified atom stereocenters. The lowest BCUT2D eigenvalue weighted by atomic mass is 9.85. The lowest BCUT2D eigenvalue weighted by Crippen LogP contribution is -2.39. The fourth-order valence-corrected chi connectivity index (χ4v) is 5.04. The first-order chi connectivity index (χ1) is 18.5. The van der Waals surface area contributed by atoms with Crippen LogP contribution < -0.4 is 31.1 Å². The normalized spacial score (nSPS) is 14.0. The molecule has 0 fully saturated rings. The summed E-state index contributed by atoms with van der Waals surface area (Å²) in [5.74, 6) is 1.61. The van der Waals surface area contributed by atoms with Crippen molar-refractivity contribution in [3.8, 4) is 5.75 Å². The Bertz CT molecular complexity index is 1640. The van der Waals surface area contributed by atoms with Gasteiger partial charge < -0.3 is 29.8 Å². The smallest absolute Gasteiger partial charge is 0.261 e. The van der Waals surface area contributed by atoms with Crippen LogP contribution in [0.15, 0.2) is 62.5 Å². The van der Waals surface area contributed by atoms with Gasteiger partial charge in [0.05, 0.1) is 37.6 Å². The largest absolute Gasteiger partial charge is 0.496 e. The number of anilines is 4. The molecule has 0 bridgehead atoms. The van der Waals surface area contributed by atoms with E-state index < -0.39 is 10.9 Å². The number of hydrogen-bond acceptors (Lipinski definition) is 8. The fourth-order valence-electron chi connectivity index (χ4n) is 5.04. The third-order valence-electron chi connectivity index (χ3n) is 7.09. The van der Waals surface area contributed by atoms with Gasteiger partial charge in [-0.2, -0.15) is 0 Å². The molecule has 0 saturated heterocycles. The zero-order valence-electron chi connectivity index (χ0n) is 22.5. The number of aliphatic hydroxyl groups is 1. The Morgan fingerprint density at radius 3 is 2.38 bits per heavy atom. The van der Waals surface area contributed by atoms with Crippen LogP contribution in [-0.2, 0) is 13.2 Å². The SMILES string of the molecule is COc1ccc(Nc2c(N[C@@H](c3ccc(C)o3)C(C)(C)C)c(=O)c2=O)c2c1CN(c1ccccc1CO)C2=O. The highest BCUT2D eigenvalue weighted by Gasteiger charge is 2.37. The minimum atomic E-state index is -0.668. The summed E-state index contributed by atoms with van der Waals surface area (Å²) in [6, 6.07) is 13.8. The molecule has 3 N–H and O–H groups in total. The zero-order chi connectivity index (χ0) is 28.1. The number of amides is 1. The molecule has 3 aromatic carbocycles. The molecule has 5 rings (SSSR count). The first kappa shape index (κ1) is 26.2. The molecule has 1 aliphatic rings. The molecule has 9 heteroatoms. The van der Waals surface area contributed by atoms with Crippen molar-refractivity contribution in [2.75, 3.05) is 22.6 Å². The number of rotatable bonds is 8. The molecule has 9 nitrogen and oxygen atoms in total. The van der Waals surface area contributed by atoms with Crippen molar-refractivity contribution in [1.29, 1.82) is 0 Å². The highest BCUT2D eigenvalue weighted by molar-refractivity contribution is 6.14. The van der Waals surface area contributed by atoms with Gasteiger partial charge in [-0.1, -0.05) is 39.0 Å². The molecule has 4 aromatic rings. The van der Waals surface area contributed by atoms with Crippen LogP contribution in [0.5, 0.6) is 5.75 Å². The highest BCUT2D eigenvalue weighted by atomic mass is 16.5. The van der Waals surface area contributed by atoms with Crippen LogP contribution in [0.1, 0.15) is 59.8 Å². The number of aliphatic hydroxyl groups excluding tert-OH is 1. The van der Waals surface area contributed by atoms with E-state index in [9.17, 15) is 19.5 Å². The number of nitrogens with zero attached hydrogens (tertiary/aromatic N) is 1. The third kappa shape index (κ3) is 4.48.